The largest absolute Gasteiger partial charge is 0.357 e. The van der Waals surface area contributed by atoms with E-state index in [9.17, 15) is 4.79 Å². The second-order valence-corrected chi connectivity index (χ2v) is 6.40. The van der Waals surface area contributed by atoms with Gasteiger partial charge in [-0.05, 0) is 26.7 Å². The van der Waals surface area contributed by atoms with E-state index < -0.39 is 0 Å². The minimum absolute atomic E-state index is 0. The van der Waals surface area contributed by atoms with E-state index in [1.807, 2.05) is 13.1 Å². The van der Waals surface area contributed by atoms with Crippen LogP contribution in [0.25, 0.3) is 0 Å². The van der Waals surface area contributed by atoms with E-state index in [4.69, 9.17) is 0 Å². The zero-order chi connectivity index (χ0) is 15.1. The molecule has 6 nitrogen and oxygen atoms in total. The predicted molar refractivity (Wildman–Crippen MR) is 101 cm³/mol. The molecule has 1 saturated carbocycles. The third-order valence-electron chi connectivity index (χ3n) is 2.97. The zero-order valence-electron chi connectivity index (χ0n) is 13.0. The van der Waals surface area contributed by atoms with Crippen molar-refractivity contribution in [1.82, 2.24) is 20.9 Å². The van der Waals surface area contributed by atoms with Crippen LogP contribution in [-0.4, -0.2) is 42.5 Å². The van der Waals surface area contributed by atoms with Crippen LogP contribution in [0, 0.1) is 6.92 Å². The van der Waals surface area contributed by atoms with Crippen LogP contribution < -0.4 is 16.0 Å². The lowest BCUT2D eigenvalue weighted by Gasteiger charge is -2.10. The van der Waals surface area contributed by atoms with Gasteiger partial charge in [-0.3, -0.25) is 4.79 Å². The van der Waals surface area contributed by atoms with Crippen LogP contribution >= 0.6 is 35.3 Å². The Morgan fingerprint density at radius 3 is 2.82 bits per heavy atom. The lowest BCUT2D eigenvalue weighted by atomic mass is 10.4. The van der Waals surface area contributed by atoms with Crippen LogP contribution in [-0.2, 0) is 11.2 Å². The minimum atomic E-state index is -0.00903. The Bertz CT molecular complexity index is 501. The molecule has 0 aliphatic heterocycles. The van der Waals surface area contributed by atoms with Crippen LogP contribution in [0.1, 0.15) is 29.7 Å². The van der Waals surface area contributed by atoms with Gasteiger partial charge in [0, 0.05) is 36.6 Å². The summed E-state index contributed by atoms with van der Waals surface area (Å²) < 4.78 is 0. The van der Waals surface area contributed by atoms with E-state index >= 15 is 0 Å². The number of aromatic nitrogens is 1. The Labute approximate surface area is 152 Å². The first-order valence-electron chi connectivity index (χ1n) is 7.40. The van der Waals surface area contributed by atoms with Crippen molar-refractivity contribution < 1.29 is 4.79 Å². The maximum absolute atomic E-state index is 11.6. The van der Waals surface area contributed by atoms with E-state index in [0.29, 0.717) is 12.0 Å². The molecular formula is C14H24IN5OS. The molecule has 1 amide bonds. The number of halogens is 1. The summed E-state index contributed by atoms with van der Waals surface area (Å²) in [6.07, 6.45) is 4.95. The van der Waals surface area contributed by atoms with Gasteiger partial charge < -0.3 is 16.0 Å². The highest BCUT2D eigenvalue weighted by atomic mass is 127. The molecule has 3 N–H and O–H groups in total. The SMILES string of the molecule is CCNC(=NCC(=O)NC1CC1)NCCc1ncc(C)s1.I. The summed E-state index contributed by atoms with van der Waals surface area (Å²) in [6, 6.07) is 0.386. The van der Waals surface area contributed by atoms with Crippen molar-refractivity contribution in [2.45, 2.75) is 39.2 Å². The van der Waals surface area contributed by atoms with Gasteiger partial charge in [-0.25, -0.2) is 9.98 Å². The van der Waals surface area contributed by atoms with E-state index in [1.54, 1.807) is 11.3 Å². The van der Waals surface area contributed by atoms with Gasteiger partial charge in [0.2, 0.25) is 5.91 Å². The number of aryl methyl sites for hydroxylation is 1. The summed E-state index contributed by atoms with van der Waals surface area (Å²) in [5.41, 5.74) is 0. The lowest BCUT2D eigenvalue weighted by Crippen LogP contribution is -2.39. The molecule has 0 spiro atoms. The summed E-state index contributed by atoms with van der Waals surface area (Å²) in [6.45, 7) is 5.75. The second-order valence-electron chi connectivity index (χ2n) is 5.08. The number of amides is 1. The van der Waals surface area contributed by atoms with Crippen LogP contribution in [0.3, 0.4) is 0 Å². The summed E-state index contributed by atoms with van der Waals surface area (Å²) >= 11 is 1.71. The quantitative estimate of drug-likeness (QED) is 0.343. The van der Waals surface area contributed by atoms with Crippen molar-refractivity contribution in [2.24, 2.45) is 4.99 Å². The highest BCUT2D eigenvalue weighted by Gasteiger charge is 2.22. The first-order valence-corrected chi connectivity index (χ1v) is 8.22. The Hall–Kier alpha value is -0.900. The van der Waals surface area contributed by atoms with Crippen LogP contribution in [0.5, 0.6) is 0 Å². The van der Waals surface area contributed by atoms with Crippen molar-refractivity contribution in [3.63, 3.8) is 0 Å². The van der Waals surface area contributed by atoms with E-state index in [2.05, 4.69) is 32.9 Å². The average Bonchev–Trinajstić information content (AvgIpc) is 3.16. The Balaban J connectivity index is 0.00000242. The number of rotatable bonds is 7. The van der Waals surface area contributed by atoms with Crippen LogP contribution in [0.4, 0.5) is 0 Å². The molecular weight excluding hydrogens is 413 g/mol. The maximum atomic E-state index is 11.6. The number of hydrogen-bond donors (Lipinski definition) is 3. The smallest absolute Gasteiger partial charge is 0.242 e. The fourth-order valence-corrected chi connectivity index (χ4v) is 2.59. The fraction of sp³-hybridized carbons (Fsp3) is 0.643. The van der Waals surface area contributed by atoms with Gasteiger partial charge in [0.05, 0.1) is 5.01 Å². The van der Waals surface area contributed by atoms with Gasteiger partial charge in [0.1, 0.15) is 6.54 Å². The molecule has 1 aromatic rings. The molecule has 0 radical (unpaired) electrons. The van der Waals surface area contributed by atoms with Gasteiger partial charge in [-0.2, -0.15) is 0 Å². The topological polar surface area (TPSA) is 78.4 Å². The van der Waals surface area contributed by atoms with Crippen LogP contribution in [0.15, 0.2) is 11.2 Å². The fourth-order valence-electron chi connectivity index (χ4n) is 1.80. The van der Waals surface area contributed by atoms with E-state index in [0.717, 1.165) is 37.4 Å². The van der Waals surface area contributed by atoms with Crippen molar-refractivity contribution in [1.29, 1.82) is 0 Å². The average molecular weight is 437 g/mol. The molecule has 124 valence electrons. The molecule has 2 rings (SSSR count). The standard InChI is InChI=1S/C14H23N5OS.HI/c1-3-15-14(18-9-12(20)19-11-4-5-11)16-7-6-13-17-8-10(2)21-13;/h8,11H,3-7,9H2,1-2H3,(H,19,20)(H2,15,16,18);1H. The van der Waals surface area contributed by atoms with E-state index in [-0.39, 0.29) is 36.4 Å². The number of thiazole rings is 1. The van der Waals surface area contributed by atoms with Crippen molar-refractivity contribution in [2.75, 3.05) is 19.6 Å². The predicted octanol–water partition coefficient (Wildman–Crippen LogP) is 1.45. The van der Waals surface area contributed by atoms with Crippen molar-refractivity contribution in [3.05, 3.63) is 16.1 Å². The molecule has 22 heavy (non-hydrogen) atoms. The van der Waals surface area contributed by atoms with Gasteiger partial charge in [-0.1, -0.05) is 0 Å². The molecule has 0 atom stereocenters. The van der Waals surface area contributed by atoms with Gasteiger partial charge >= 0.3 is 0 Å². The summed E-state index contributed by atoms with van der Waals surface area (Å²) in [5, 5.41) is 10.4. The molecule has 1 heterocycles. The molecule has 1 aliphatic rings. The highest BCUT2D eigenvalue weighted by molar-refractivity contribution is 14.0. The van der Waals surface area contributed by atoms with Gasteiger partial charge in [-0.15, -0.1) is 35.3 Å². The monoisotopic (exact) mass is 437 g/mol. The van der Waals surface area contributed by atoms with Crippen molar-refractivity contribution >= 4 is 47.2 Å². The third kappa shape index (κ3) is 7.39. The highest BCUT2D eigenvalue weighted by Crippen LogP contribution is 2.18. The zero-order valence-corrected chi connectivity index (χ0v) is 16.2. The molecule has 1 aliphatic carbocycles. The van der Waals surface area contributed by atoms with Crippen molar-refractivity contribution in [3.8, 4) is 0 Å². The number of aliphatic imine (C=N–C) groups is 1. The number of hydrogen-bond acceptors (Lipinski definition) is 4. The summed E-state index contributed by atoms with van der Waals surface area (Å²) in [4.78, 5) is 21.5. The second kappa shape index (κ2) is 9.98. The van der Waals surface area contributed by atoms with Gasteiger partial charge in [0.25, 0.3) is 0 Å². The molecule has 1 aromatic heterocycles. The summed E-state index contributed by atoms with van der Waals surface area (Å²) in [7, 11) is 0. The van der Waals surface area contributed by atoms with Gasteiger partial charge in [0.15, 0.2) is 5.96 Å². The lowest BCUT2D eigenvalue weighted by molar-refractivity contribution is -0.119. The molecule has 0 unspecified atom stereocenters. The van der Waals surface area contributed by atoms with E-state index in [1.165, 1.54) is 4.88 Å². The maximum Gasteiger partial charge on any atom is 0.242 e. The third-order valence-corrected chi connectivity index (χ3v) is 3.94. The molecule has 0 bridgehead atoms. The molecule has 0 aromatic carbocycles. The number of nitrogens with zero attached hydrogens (tertiary/aromatic N) is 2. The number of carbonyl (C=O) groups excluding carboxylic acids is 1. The molecule has 0 saturated heterocycles. The Morgan fingerprint density at radius 1 is 1.45 bits per heavy atom. The minimum Gasteiger partial charge on any atom is -0.357 e. The first kappa shape index (κ1) is 19.1. The first-order chi connectivity index (χ1) is 10.2. The normalized spacial score (nSPS) is 14.2. The number of nitrogens with one attached hydrogen (secondary N) is 3. The molecule has 8 heteroatoms. The number of carbonyl (C=O) groups is 1. The Kier molecular flexibility index (Phi) is 8.69. The Morgan fingerprint density at radius 2 is 2.23 bits per heavy atom. The molecule has 1 fully saturated rings. The number of guanidine groups is 1. The summed E-state index contributed by atoms with van der Waals surface area (Å²) in [5.74, 6) is 0.668. The van der Waals surface area contributed by atoms with Crippen LogP contribution in [0.2, 0.25) is 0 Å².